The van der Waals surface area contributed by atoms with E-state index in [9.17, 15) is 0 Å². The molecule has 0 amide bonds. The van der Waals surface area contributed by atoms with Crippen LogP contribution in [0, 0.1) is 0 Å². The number of aryl methyl sites for hydroxylation is 1. The van der Waals surface area contributed by atoms with Gasteiger partial charge in [-0.15, -0.1) is 0 Å². The minimum Gasteiger partial charge on any atom is -0.478 e. The number of hydrogen-bond acceptors (Lipinski definition) is 2. The van der Waals surface area contributed by atoms with Crippen LogP contribution in [0.5, 0.6) is 5.88 Å². The Morgan fingerprint density at radius 3 is 3.00 bits per heavy atom. The average Bonchev–Trinajstić information content (AvgIpc) is 2.18. The highest BCUT2D eigenvalue weighted by Crippen LogP contribution is 2.05. The molecule has 0 saturated carbocycles. The van der Waals surface area contributed by atoms with Crippen LogP contribution < -0.4 is 4.74 Å². The van der Waals surface area contributed by atoms with Crippen LogP contribution in [0.4, 0.5) is 0 Å². The van der Waals surface area contributed by atoms with Gasteiger partial charge in [-0.1, -0.05) is 0 Å². The van der Waals surface area contributed by atoms with Crippen molar-refractivity contribution >= 4 is 0 Å². The van der Waals surface area contributed by atoms with Gasteiger partial charge in [0.05, 0.1) is 19.1 Å². The molecule has 0 spiro atoms. The molecule has 0 fully saturated rings. The molecule has 0 atom stereocenters. The van der Waals surface area contributed by atoms with E-state index in [4.69, 9.17) is 4.74 Å². The van der Waals surface area contributed by atoms with Gasteiger partial charge >= 0.3 is 0 Å². The van der Waals surface area contributed by atoms with E-state index in [-0.39, 0.29) is 0 Å². The molecule has 0 aliphatic rings. The zero-order valence-corrected chi connectivity index (χ0v) is 5.66. The summed E-state index contributed by atoms with van der Waals surface area (Å²) in [6.45, 7) is 2.65. The Bertz CT molecular complexity index is 183. The fraction of sp³-hybridized carbons (Fsp3) is 0.500. The van der Waals surface area contributed by atoms with E-state index in [1.165, 1.54) is 0 Å². The number of ether oxygens (including phenoxy) is 1. The molecule has 0 N–H and O–H groups in total. The van der Waals surface area contributed by atoms with E-state index in [1.54, 1.807) is 12.5 Å². The van der Waals surface area contributed by atoms with Crippen molar-refractivity contribution in [1.82, 2.24) is 9.55 Å². The molecule has 1 rings (SSSR count). The second-order valence-corrected chi connectivity index (χ2v) is 1.78. The Hall–Kier alpha value is -0.990. The summed E-state index contributed by atoms with van der Waals surface area (Å²) in [6.07, 6.45) is 3.41. The maximum atomic E-state index is 5.18. The van der Waals surface area contributed by atoms with Crippen molar-refractivity contribution < 1.29 is 4.74 Å². The Balaban J connectivity index is 2.69. The standard InChI is InChI=1S/C6H10N2O/c1-3-9-6-4-7-5-8(6)2/h4-5H,3H2,1-2H3. The van der Waals surface area contributed by atoms with Gasteiger partial charge in [0.15, 0.2) is 0 Å². The third-order valence-electron chi connectivity index (χ3n) is 1.06. The van der Waals surface area contributed by atoms with Crippen LogP contribution in [0.1, 0.15) is 6.92 Å². The topological polar surface area (TPSA) is 27.1 Å². The number of rotatable bonds is 2. The fourth-order valence-electron chi connectivity index (χ4n) is 0.632. The van der Waals surface area contributed by atoms with E-state index < -0.39 is 0 Å². The van der Waals surface area contributed by atoms with Crippen molar-refractivity contribution in [2.45, 2.75) is 6.92 Å². The summed E-state index contributed by atoms with van der Waals surface area (Å²) in [7, 11) is 1.90. The van der Waals surface area contributed by atoms with Crippen LogP contribution in [0.15, 0.2) is 12.5 Å². The van der Waals surface area contributed by atoms with Crippen molar-refractivity contribution in [1.29, 1.82) is 0 Å². The van der Waals surface area contributed by atoms with Crippen LogP contribution in [0.3, 0.4) is 0 Å². The van der Waals surface area contributed by atoms with Crippen molar-refractivity contribution in [3.63, 3.8) is 0 Å². The lowest BCUT2D eigenvalue weighted by atomic mass is 10.8. The van der Waals surface area contributed by atoms with Gasteiger partial charge in [0.1, 0.15) is 0 Å². The summed E-state index contributed by atoms with van der Waals surface area (Å²) in [4.78, 5) is 3.88. The second kappa shape index (κ2) is 2.53. The monoisotopic (exact) mass is 126 g/mol. The summed E-state index contributed by atoms with van der Waals surface area (Å²) >= 11 is 0. The quantitative estimate of drug-likeness (QED) is 0.586. The predicted molar refractivity (Wildman–Crippen MR) is 34.4 cm³/mol. The minimum atomic E-state index is 0.694. The summed E-state index contributed by atoms with van der Waals surface area (Å²) in [5.74, 6) is 0.817. The number of hydrogen-bond donors (Lipinski definition) is 0. The normalized spacial score (nSPS) is 9.56. The van der Waals surface area contributed by atoms with Gasteiger partial charge in [0, 0.05) is 7.05 Å². The summed E-state index contributed by atoms with van der Waals surface area (Å²) < 4.78 is 7.01. The molecule has 0 aromatic carbocycles. The maximum Gasteiger partial charge on any atom is 0.213 e. The lowest BCUT2D eigenvalue weighted by Gasteiger charge is -2.00. The van der Waals surface area contributed by atoms with Crippen LogP contribution >= 0.6 is 0 Å². The van der Waals surface area contributed by atoms with Crippen molar-refractivity contribution in [3.8, 4) is 5.88 Å². The highest BCUT2D eigenvalue weighted by atomic mass is 16.5. The highest BCUT2D eigenvalue weighted by molar-refractivity contribution is 5.04. The molecule has 3 nitrogen and oxygen atoms in total. The van der Waals surface area contributed by atoms with Crippen LogP contribution in [-0.2, 0) is 7.05 Å². The molecule has 1 aromatic rings. The molecule has 3 heteroatoms. The first kappa shape index (κ1) is 6.13. The van der Waals surface area contributed by atoms with Crippen LogP contribution in [-0.4, -0.2) is 16.2 Å². The summed E-state index contributed by atoms with van der Waals surface area (Å²) in [5.41, 5.74) is 0. The Kier molecular flexibility index (Phi) is 1.72. The number of aromatic nitrogens is 2. The molecule has 1 heterocycles. The molecule has 0 aliphatic carbocycles. The first-order chi connectivity index (χ1) is 4.34. The van der Waals surface area contributed by atoms with Gasteiger partial charge in [-0.3, -0.25) is 0 Å². The van der Waals surface area contributed by atoms with Gasteiger partial charge in [0.2, 0.25) is 5.88 Å². The minimum absolute atomic E-state index is 0.694. The lowest BCUT2D eigenvalue weighted by Crippen LogP contribution is -1.96. The first-order valence-electron chi connectivity index (χ1n) is 2.93. The number of imidazole rings is 1. The zero-order chi connectivity index (χ0) is 6.69. The van der Waals surface area contributed by atoms with Crippen LogP contribution in [0.25, 0.3) is 0 Å². The molecule has 0 bridgehead atoms. The van der Waals surface area contributed by atoms with Crippen molar-refractivity contribution in [2.24, 2.45) is 7.05 Å². The average molecular weight is 126 g/mol. The molecular formula is C6H10N2O. The van der Waals surface area contributed by atoms with E-state index in [0.29, 0.717) is 6.61 Å². The van der Waals surface area contributed by atoms with E-state index in [1.807, 2.05) is 18.5 Å². The predicted octanol–water partition coefficient (Wildman–Crippen LogP) is 0.819. The lowest BCUT2D eigenvalue weighted by molar-refractivity contribution is 0.315. The molecular weight excluding hydrogens is 116 g/mol. The van der Waals surface area contributed by atoms with E-state index in [0.717, 1.165) is 5.88 Å². The summed E-state index contributed by atoms with van der Waals surface area (Å²) in [5, 5.41) is 0. The van der Waals surface area contributed by atoms with Gasteiger partial charge < -0.3 is 9.30 Å². The SMILES string of the molecule is CCOc1cncn1C. The third kappa shape index (κ3) is 1.22. The molecule has 9 heavy (non-hydrogen) atoms. The Labute approximate surface area is 54.3 Å². The maximum absolute atomic E-state index is 5.18. The molecule has 0 unspecified atom stereocenters. The summed E-state index contributed by atoms with van der Waals surface area (Å²) in [6, 6.07) is 0. The van der Waals surface area contributed by atoms with Crippen molar-refractivity contribution in [3.05, 3.63) is 12.5 Å². The van der Waals surface area contributed by atoms with E-state index >= 15 is 0 Å². The van der Waals surface area contributed by atoms with Gasteiger partial charge in [-0.25, -0.2) is 4.98 Å². The van der Waals surface area contributed by atoms with Crippen molar-refractivity contribution in [2.75, 3.05) is 6.61 Å². The molecule has 0 radical (unpaired) electrons. The van der Waals surface area contributed by atoms with Gasteiger partial charge in [-0.05, 0) is 6.92 Å². The molecule has 1 aromatic heterocycles. The molecule has 0 saturated heterocycles. The number of nitrogens with zero attached hydrogens (tertiary/aromatic N) is 2. The molecule has 50 valence electrons. The molecule has 0 aliphatic heterocycles. The Morgan fingerprint density at radius 2 is 2.56 bits per heavy atom. The Morgan fingerprint density at radius 1 is 1.78 bits per heavy atom. The smallest absolute Gasteiger partial charge is 0.213 e. The largest absolute Gasteiger partial charge is 0.478 e. The highest BCUT2D eigenvalue weighted by Gasteiger charge is 1.93. The third-order valence-corrected chi connectivity index (χ3v) is 1.06. The second-order valence-electron chi connectivity index (χ2n) is 1.78. The van der Waals surface area contributed by atoms with Gasteiger partial charge in [0.25, 0.3) is 0 Å². The van der Waals surface area contributed by atoms with Gasteiger partial charge in [-0.2, -0.15) is 0 Å². The van der Waals surface area contributed by atoms with E-state index in [2.05, 4.69) is 4.98 Å². The zero-order valence-electron chi connectivity index (χ0n) is 5.66. The van der Waals surface area contributed by atoms with Crippen LogP contribution in [0.2, 0.25) is 0 Å². The first-order valence-corrected chi connectivity index (χ1v) is 2.93. The fourth-order valence-corrected chi connectivity index (χ4v) is 0.632.